The van der Waals surface area contributed by atoms with Crippen molar-refractivity contribution in [2.45, 2.75) is 88.8 Å². The number of carbonyl (C=O) groups is 1. The van der Waals surface area contributed by atoms with E-state index in [2.05, 4.69) is 18.2 Å². The summed E-state index contributed by atoms with van der Waals surface area (Å²) < 4.78 is 93.4. The molecule has 6 rings (SSSR count). The lowest BCUT2D eigenvalue weighted by atomic mass is 9.81. The lowest BCUT2D eigenvalue weighted by Crippen LogP contribution is -2.43. The average molecular weight is 610 g/mol. The largest absolute Gasteiger partial charge is 0.490 e. The fraction of sp³-hybridized carbons (Fsp3) is 0.606. The molecule has 3 fully saturated rings. The van der Waals surface area contributed by atoms with Gasteiger partial charge in [0.05, 0.1) is 24.2 Å². The van der Waals surface area contributed by atoms with Crippen LogP contribution < -0.4 is 4.74 Å². The molecule has 0 amide bonds. The number of piperidine rings is 1. The highest BCUT2D eigenvalue weighted by Gasteiger charge is 2.51. The van der Waals surface area contributed by atoms with Crippen LogP contribution >= 0.6 is 0 Å². The van der Waals surface area contributed by atoms with E-state index in [0.717, 1.165) is 55.4 Å². The number of hydrogen-bond donors (Lipinski definition) is 0. The number of halogens is 6. The molecule has 2 aromatic rings. The molecule has 0 spiro atoms. The summed E-state index contributed by atoms with van der Waals surface area (Å²) in [6.45, 7) is 4.02. The van der Waals surface area contributed by atoms with Gasteiger partial charge in [0.25, 0.3) is 0 Å². The molecule has 234 valence electrons. The number of ether oxygens (including phenoxy) is 2. The van der Waals surface area contributed by atoms with E-state index in [1.807, 2.05) is 11.8 Å². The summed E-state index contributed by atoms with van der Waals surface area (Å²) in [6, 6.07) is 7.20. The molecule has 2 aromatic carbocycles. The Balaban J connectivity index is 1.17. The predicted molar refractivity (Wildman–Crippen MR) is 147 cm³/mol. The summed E-state index contributed by atoms with van der Waals surface area (Å²) in [6.07, 6.45) is -4.12. The molecule has 2 aliphatic carbocycles. The van der Waals surface area contributed by atoms with Crippen molar-refractivity contribution in [3.05, 3.63) is 64.2 Å². The van der Waals surface area contributed by atoms with E-state index in [1.54, 1.807) is 6.92 Å². The number of likely N-dealkylation sites (tertiary alicyclic amines) is 1. The number of aryl methyl sites for hydroxylation is 1. The first-order valence-corrected chi connectivity index (χ1v) is 15.2. The highest BCUT2D eigenvalue weighted by atomic mass is 19.4. The lowest BCUT2D eigenvalue weighted by molar-refractivity contribution is -0.146. The molecule has 2 heterocycles. The Hall–Kier alpha value is -2.75. The molecule has 4 nitrogen and oxygen atoms in total. The molecule has 2 aliphatic heterocycles. The summed E-state index contributed by atoms with van der Waals surface area (Å²) in [5.41, 5.74) is -0.199. The smallest absolute Gasteiger partial charge is 0.416 e. The summed E-state index contributed by atoms with van der Waals surface area (Å²) in [5.74, 6) is 1.28. The average Bonchev–Trinajstić information content (AvgIpc) is 3.59. The summed E-state index contributed by atoms with van der Waals surface area (Å²) >= 11 is 0. The normalized spacial score (nSPS) is 27.7. The maximum Gasteiger partial charge on any atom is 0.416 e. The van der Waals surface area contributed by atoms with Gasteiger partial charge in [0.1, 0.15) is 11.9 Å². The molecule has 2 bridgehead atoms. The number of nitrogens with zero attached hydrogens (tertiary/aromatic N) is 1. The first kappa shape index (κ1) is 30.3. The van der Waals surface area contributed by atoms with Crippen molar-refractivity contribution >= 4 is 5.97 Å². The highest BCUT2D eigenvalue weighted by Crippen LogP contribution is 2.52. The number of esters is 1. The van der Waals surface area contributed by atoms with Gasteiger partial charge in [-0.3, -0.25) is 9.69 Å². The Morgan fingerprint density at radius 2 is 1.72 bits per heavy atom. The molecule has 4 aliphatic rings. The van der Waals surface area contributed by atoms with E-state index < -0.39 is 29.5 Å². The fourth-order valence-electron chi connectivity index (χ4n) is 8.15. The zero-order chi connectivity index (χ0) is 30.8. The van der Waals surface area contributed by atoms with Crippen LogP contribution in [0.4, 0.5) is 26.3 Å². The second-order valence-electron chi connectivity index (χ2n) is 13.0. The van der Waals surface area contributed by atoms with Crippen molar-refractivity contribution in [3.63, 3.8) is 0 Å². The van der Waals surface area contributed by atoms with Crippen LogP contribution in [0.2, 0.25) is 0 Å². The summed E-state index contributed by atoms with van der Waals surface area (Å²) in [7, 11) is 1.41. The van der Waals surface area contributed by atoms with Gasteiger partial charge in [-0.2, -0.15) is 26.3 Å². The summed E-state index contributed by atoms with van der Waals surface area (Å²) in [5, 5.41) is 0. The molecule has 2 saturated carbocycles. The number of fused-ring (bicyclic) bond motifs is 3. The van der Waals surface area contributed by atoms with Gasteiger partial charge in [0.15, 0.2) is 0 Å². The number of alkyl halides is 6. The maximum absolute atomic E-state index is 13.8. The molecule has 7 atom stereocenters. The van der Waals surface area contributed by atoms with E-state index in [4.69, 9.17) is 9.47 Å². The van der Waals surface area contributed by atoms with Crippen LogP contribution in [0.25, 0.3) is 0 Å². The van der Waals surface area contributed by atoms with Crippen molar-refractivity contribution in [1.29, 1.82) is 0 Å². The minimum Gasteiger partial charge on any atom is -0.490 e. The molecule has 1 saturated heterocycles. The monoisotopic (exact) mass is 609 g/mol. The molecule has 4 unspecified atom stereocenters. The van der Waals surface area contributed by atoms with Gasteiger partial charge < -0.3 is 9.47 Å². The van der Waals surface area contributed by atoms with Crippen LogP contribution in [0.3, 0.4) is 0 Å². The summed E-state index contributed by atoms with van der Waals surface area (Å²) in [4.78, 5) is 14.3. The van der Waals surface area contributed by atoms with Crippen LogP contribution in [0.15, 0.2) is 36.4 Å². The van der Waals surface area contributed by atoms with E-state index in [0.29, 0.717) is 30.7 Å². The second-order valence-corrected chi connectivity index (χ2v) is 13.0. The van der Waals surface area contributed by atoms with Gasteiger partial charge >= 0.3 is 18.3 Å². The van der Waals surface area contributed by atoms with Gasteiger partial charge in [0.2, 0.25) is 0 Å². The van der Waals surface area contributed by atoms with Crippen LogP contribution in [-0.2, 0) is 28.3 Å². The van der Waals surface area contributed by atoms with Gasteiger partial charge in [-0.05, 0) is 104 Å². The second kappa shape index (κ2) is 11.0. The number of rotatable bonds is 7. The Kier molecular flexibility index (Phi) is 7.75. The zero-order valence-corrected chi connectivity index (χ0v) is 24.5. The third-order valence-corrected chi connectivity index (χ3v) is 10.4. The van der Waals surface area contributed by atoms with Gasteiger partial charge in [-0.1, -0.05) is 19.1 Å². The molecule has 0 aromatic heterocycles. The first-order valence-electron chi connectivity index (χ1n) is 15.2. The SMILES string of the molecule is COC(=O)[C@@H](C)[C@H](c1ccc2c(c1)OC(C1CC3CC1CN3[C@@H](C)c1cc(C(F)(F)F)ccc1C(F)(F)F)CC2)C1CC1. The fourth-order valence-corrected chi connectivity index (χ4v) is 8.15. The molecular weight excluding hydrogens is 572 g/mol. The van der Waals surface area contributed by atoms with Crippen LogP contribution in [0.1, 0.15) is 85.7 Å². The Labute approximate surface area is 247 Å². The standard InChI is InChI=1S/C33H37F6NO3/c1-17(31(41)42-3)30(20-5-6-20)21-7-4-19-8-11-28(43-29(19)13-21)26-15-24-12-22(26)16-40(24)18(2)25-14-23(32(34,35)36)9-10-27(25)33(37,38)39/h4,7,9-10,13-14,17-18,20,22,24,26,28,30H,5-6,8,11-12,15-16H2,1-3H3/t17-,18-,22?,24?,26?,28?,30-/m0/s1. The van der Waals surface area contributed by atoms with Crippen molar-refractivity contribution in [1.82, 2.24) is 4.90 Å². The van der Waals surface area contributed by atoms with Crippen molar-refractivity contribution in [2.24, 2.45) is 23.7 Å². The third-order valence-electron chi connectivity index (χ3n) is 10.4. The Morgan fingerprint density at radius 3 is 2.33 bits per heavy atom. The van der Waals surface area contributed by atoms with Gasteiger partial charge in [0, 0.05) is 24.5 Å². The Bertz CT molecular complexity index is 1370. The lowest BCUT2D eigenvalue weighted by Gasteiger charge is -2.40. The molecular formula is C33H37F6NO3. The van der Waals surface area contributed by atoms with E-state index in [1.165, 1.54) is 7.11 Å². The predicted octanol–water partition coefficient (Wildman–Crippen LogP) is 8.19. The molecule has 10 heteroatoms. The van der Waals surface area contributed by atoms with Crippen molar-refractivity contribution in [3.8, 4) is 5.75 Å². The number of hydrogen-bond acceptors (Lipinski definition) is 4. The van der Waals surface area contributed by atoms with E-state index >= 15 is 0 Å². The van der Waals surface area contributed by atoms with E-state index in [9.17, 15) is 31.1 Å². The molecule has 43 heavy (non-hydrogen) atoms. The van der Waals surface area contributed by atoms with Crippen LogP contribution in [0, 0.1) is 23.7 Å². The topological polar surface area (TPSA) is 38.8 Å². The quantitative estimate of drug-likeness (QED) is 0.234. The van der Waals surface area contributed by atoms with Crippen LogP contribution in [0.5, 0.6) is 5.75 Å². The number of carbonyl (C=O) groups excluding carboxylic acids is 1. The highest BCUT2D eigenvalue weighted by molar-refractivity contribution is 5.73. The number of methoxy groups -OCH3 is 1. The number of benzene rings is 2. The molecule has 0 radical (unpaired) electrons. The maximum atomic E-state index is 13.8. The van der Waals surface area contributed by atoms with Crippen molar-refractivity contribution < 1.29 is 40.6 Å². The minimum absolute atomic E-state index is 0.0166. The Morgan fingerprint density at radius 1 is 0.977 bits per heavy atom. The zero-order valence-electron chi connectivity index (χ0n) is 24.5. The van der Waals surface area contributed by atoms with Crippen LogP contribution in [-0.4, -0.2) is 36.7 Å². The molecule has 0 N–H and O–H groups in total. The van der Waals surface area contributed by atoms with Crippen molar-refractivity contribution in [2.75, 3.05) is 13.7 Å². The minimum atomic E-state index is -4.75. The van der Waals surface area contributed by atoms with E-state index in [-0.39, 0.29) is 47.4 Å². The van der Waals surface area contributed by atoms with Gasteiger partial charge in [-0.15, -0.1) is 0 Å². The third kappa shape index (κ3) is 5.76. The van der Waals surface area contributed by atoms with Gasteiger partial charge in [-0.25, -0.2) is 0 Å². The first-order chi connectivity index (χ1) is 20.3.